The predicted octanol–water partition coefficient (Wildman–Crippen LogP) is 11.6. The lowest BCUT2D eigenvalue weighted by molar-refractivity contribution is 0.670. The molecular formula is C38H22OS. The quantitative estimate of drug-likeness (QED) is 0.204. The molecule has 9 rings (SSSR count). The van der Waals surface area contributed by atoms with Crippen LogP contribution in [0.5, 0.6) is 0 Å². The van der Waals surface area contributed by atoms with Gasteiger partial charge >= 0.3 is 0 Å². The fourth-order valence-corrected chi connectivity index (χ4v) is 7.33. The van der Waals surface area contributed by atoms with Crippen molar-refractivity contribution in [2.24, 2.45) is 0 Å². The number of rotatable bonds is 2. The van der Waals surface area contributed by atoms with E-state index in [9.17, 15) is 0 Å². The van der Waals surface area contributed by atoms with Crippen molar-refractivity contribution in [2.75, 3.05) is 0 Å². The summed E-state index contributed by atoms with van der Waals surface area (Å²) in [4.78, 5) is 0. The van der Waals surface area contributed by atoms with Gasteiger partial charge in [0.1, 0.15) is 11.2 Å². The highest BCUT2D eigenvalue weighted by molar-refractivity contribution is 7.17. The van der Waals surface area contributed by atoms with E-state index in [4.69, 9.17) is 4.42 Å². The highest BCUT2D eigenvalue weighted by atomic mass is 32.1. The summed E-state index contributed by atoms with van der Waals surface area (Å²) < 4.78 is 7.97. The minimum absolute atomic E-state index is 0.940. The van der Waals surface area contributed by atoms with Crippen molar-refractivity contribution in [3.8, 4) is 22.3 Å². The van der Waals surface area contributed by atoms with Gasteiger partial charge in [0.15, 0.2) is 0 Å². The van der Waals surface area contributed by atoms with E-state index in [0.29, 0.717) is 0 Å². The molecule has 7 aromatic carbocycles. The van der Waals surface area contributed by atoms with Crippen molar-refractivity contribution in [1.29, 1.82) is 0 Å². The summed E-state index contributed by atoms with van der Waals surface area (Å²) in [6, 6.07) is 46.3. The second-order valence-electron chi connectivity index (χ2n) is 10.5. The first-order valence-electron chi connectivity index (χ1n) is 13.6. The van der Waals surface area contributed by atoms with Gasteiger partial charge in [-0.15, -0.1) is 11.3 Å². The number of fused-ring (bicyclic) bond motifs is 7. The third kappa shape index (κ3) is 3.08. The van der Waals surface area contributed by atoms with Gasteiger partial charge in [-0.05, 0) is 78.5 Å². The van der Waals surface area contributed by atoms with Crippen molar-refractivity contribution in [3.63, 3.8) is 0 Å². The average molecular weight is 527 g/mol. The lowest BCUT2D eigenvalue weighted by Gasteiger charge is -2.18. The molecule has 0 N–H and O–H groups in total. The molecule has 40 heavy (non-hydrogen) atoms. The number of hydrogen-bond acceptors (Lipinski definition) is 2. The zero-order valence-electron chi connectivity index (χ0n) is 21.5. The Morgan fingerprint density at radius 3 is 1.90 bits per heavy atom. The van der Waals surface area contributed by atoms with Crippen LogP contribution >= 0.6 is 11.3 Å². The lowest BCUT2D eigenvalue weighted by atomic mass is 9.85. The molecule has 0 saturated heterocycles. The van der Waals surface area contributed by atoms with Gasteiger partial charge in [0.2, 0.25) is 0 Å². The van der Waals surface area contributed by atoms with Crippen molar-refractivity contribution in [3.05, 3.63) is 133 Å². The third-order valence-electron chi connectivity index (χ3n) is 8.31. The third-order valence-corrected chi connectivity index (χ3v) is 9.19. The maximum absolute atomic E-state index is 6.68. The summed E-state index contributed by atoms with van der Waals surface area (Å²) in [6.45, 7) is 0. The molecule has 2 aromatic heterocycles. The van der Waals surface area contributed by atoms with Crippen molar-refractivity contribution >= 4 is 75.7 Å². The van der Waals surface area contributed by atoms with Crippen LogP contribution in [0.25, 0.3) is 86.6 Å². The smallest absolute Gasteiger partial charge is 0.143 e. The molecule has 0 aliphatic heterocycles. The molecule has 0 spiro atoms. The van der Waals surface area contributed by atoms with Gasteiger partial charge in [-0.3, -0.25) is 0 Å². The van der Waals surface area contributed by atoms with E-state index in [1.807, 2.05) is 0 Å². The first-order chi connectivity index (χ1) is 19.8. The summed E-state index contributed by atoms with van der Waals surface area (Å²) in [5.41, 5.74) is 6.76. The zero-order valence-corrected chi connectivity index (χ0v) is 22.3. The molecule has 0 atom stereocenters. The first-order valence-corrected chi connectivity index (χ1v) is 14.5. The van der Waals surface area contributed by atoms with Crippen LogP contribution in [0.15, 0.2) is 137 Å². The highest BCUT2D eigenvalue weighted by Gasteiger charge is 2.20. The maximum atomic E-state index is 6.68. The molecule has 2 heterocycles. The van der Waals surface area contributed by atoms with E-state index < -0.39 is 0 Å². The highest BCUT2D eigenvalue weighted by Crippen LogP contribution is 2.47. The Labute approximate surface area is 234 Å². The maximum Gasteiger partial charge on any atom is 0.143 e. The van der Waals surface area contributed by atoms with E-state index >= 15 is 0 Å². The van der Waals surface area contributed by atoms with E-state index in [-0.39, 0.29) is 0 Å². The molecule has 0 aliphatic rings. The Hall–Kier alpha value is -4.92. The second-order valence-corrected chi connectivity index (χ2v) is 11.4. The van der Waals surface area contributed by atoms with Gasteiger partial charge in [0, 0.05) is 26.6 Å². The molecular weight excluding hydrogens is 504 g/mol. The number of thiophene rings is 1. The Balaban J connectivity index is 1.41. The van der Waals surface area contributed by atoms with Gasteiger partial charge in [0.05, 0.1) is 0 Å². The molecule has 0 amide bonds. The average Bonchev–Trinajstić information content (AvgIpc) is 3.62. The van der Waals surface area contributed by atoms with E-state index in [2.05, 4.69) is 133 Å². The normalized spacial score (nSPS) is 12.0. The Bertz CT molecular complexity index is 2380. The van der Waals surface area contributed by atoms with Crippen LogP contribution in [-0.4, -0.2) is 0 Å². The van der Waals surface area contributed by atoms with Gasteiger partial charge in [0.25, 0.3) is 0 Å². The van der Waals surface area contributed by atoms with E-state index in [0.717, 1.165) is 22.1 Å². The Morgan fingerprint density at radius 1 is 0.450 bits per heavy atom. The Morgan fingerprint density at radius 2 is 1.12 bits per heavy atom. The minimum Gasteiger partial charge on any atom is -0.455 e. The molecule has 0 saturated carbocycles. The SMILES string of the molecule is c1ccc2cc(-c3c4ccccc4c(-c4cccc5c4oc4cc6ccsc6cc45)c4ccccc34)ccc2c1. The molecule has 0 fully saturated rings. The van der Waals surface area contributed by atoms with Gasteiger partial charge in [-0.2, -0.15) is 0 Å². The molecule has 1 nitrogen and oxygen atoms in total. The van der Waals surface area contributed by atoms with Crippen molar-refractivity contribution in [2.45, 2.75) is 0 Å². The molecule has 0 unspecified atom stereocenters. The standard InChI is InChI=1S/C38H22OS/c1-2-9-24-20-26(17-16-23(24)8-1)36-27-10-3-5-12-29(27)37(30-13-6-4-11-28(30)36)32-15-7-14-31-33-22-35-25(18-19-40-35)21-34(33)39-38(31)32/h1-22H. The van der Waals surface area contributed by atoms with Gasteiger partial charge < -0.3 is 4.42 Å². The topological polar surface area (TPSA) is 13.1 Å². The van der Waals surface area contributed by atoms with Crippen LogP contribution in [0.2, 0.25) is 0 Å². The summed E-state index contributed by atoms with van der Waals surface area (Å²) in [7, 11) is 0. The van der Waals surface area contributed by atoms with Crippen LogP contribution < -0.4 is 0 Å². The molecule has 186 valence electrons. The summed E-state index contributed by atoms with van der Waals surface area (Å²) in [5, 5.41) is 13.2. The van der Waals surface area contributed by atoms with E-state index in [1.54, 1.807) is 11.3 Å². The van der Waals surface area contributed by atoms with Crippen LogP contribution in [0.1, 0.15) is 0 Å². The van der Waals surface area contributed by atoms with Gasteiger partial charge in [-0.25, -0.2) is 0 Å². The largest absolute Gasteiger partial charge is 0.455 e. The first kappa shape index (κ1) is 22.0. The fraction of sp³-hybridized carbons (Fsp3) is 0. The Kier molecular flexibility index (Phi) is 4.55. The lowest BCUT2D eigenvalue weighted by Crippen LogP contribution is -1.91. The zero-order chi connectivity index (χ0) is 26.2. The van der Waals surface area contributed by atoms with Crippen molar-refractivity contribution < 1.29 is 4.42 Å². The van der Waals surface area contributed by atoms with E-state index in [1.165, 1.54) is 64.5 Å². The molecule has 0 radical (unpaired) electrons. The predicted molar refractivity (Wildman–Crippen MR) is 172 cm³/mol. The number of furan rings is 1. The number of benzene rings is 7. The van der Waals surface area contributed by atoms with Crippen LogP contribution in [-0.2, 0) is 0 Å². The number of para-hydroxylation sites is 1. The van der Waals surface area contributed by atoms with Crippen molar-refractivity contribution in [1.82, 2.24) is 0 Å². The van der Waals surface area contributed by atoms with Crippen LogP contribution in [0.3, 0.4) is 0 Å². The summed E-state index contributed by atoms with van der Waals surface area (Å²) in [5.74, 6) is 0. The second kappa shape index (κ2) is 8.29. The molecule has 0 bridgehead atoms. The van der Waals surface area contributed by atoms with Gasteiger partial charge in [-0.1, -0.05) is 103 Å². The monoisotopic (exact) mass is 526 g/mol. The summed E-state index contributed by atoms with van der Waals surface area (Å²) in [6.07, 6.45) is 0. The summed E-state index contributed by atoms with van der Waals surface area (Å²) >= 11 is 1.78. The fourth-order valence-electron chi connectivity index (χ4n) is 6.52. The molecule has 9 aromatic rings. The molecule has 2 heteroatoms. The minimum atomic E-state index is 0.940. The van der Waals surface area contributed by atoms with Crippen LogP contribution in [0.4, 0.5) is 0 Å². The number of hydrogen-bond donors (Lipinski definition) is 0. The van der Waals surface area contributed by atoms with Crippen LogP contribution in [0, 0.1) is 0 Å². The molecule has 0 aliphatic carbocycles.